The van der Waals surface area contributed by atoms with E-state index in [2.05, 4.69) is 34.2 Å². The molecule has 1 heterocycles. The number of hydrogen-bond acceptors (Lipinski definition) is 3. The quantitative estimate of drug-likeness (QED) is 0.265. The van der Waals surface area contributed by atoms with Crippen LogP contribution in [0.2, 0.25) is 5.02 Å². The number of aromatic amines is 1. The zero-order valence-electron chi connectivity index (χ0n) is 17.1. The molecule has 6 nitrogen and oxygen atoms in total. The first-order valence-electron chi connectivity index (χ1n) is 10.1. The molecule has 0 aliphatic rings. The molecule has 3 N–H and O–H groups in total. The molecular formula is C25H18ClN2O4P. The fourth-order valence-corrected chi connectivity index (χ4v) is 4.44. The van der Waals surface area contributed by atoms with Crippen LogP contribution in [0.1, 0.15) is 0 Å². The van der Waals surface area contributed by atoms with Crippen LogP contribution in [0.4, 0.5) is 0 Å². The van der Waals surface area contributed by atoms with E-state index in [1.807, 2.05) is 36.4 Å². The van der Waals surface area contributed by atoms with Gasteiger partial charge in [-0.25, -0.2) is 0 Å². The minimum absolute atomic E-state index is 0.125. The lowest BCUT2D eigenvalue weighted by Crippen LogP contribution is -2.03. The van der Waals surface area contributed by atoms with E-state index in [4.69, 9.17) is 16.3 Å². The van der Waals surface area contributed by atoms with Crippen molar-refractivity contribution >= 4 is 35.5 Å². The van der Waals surface area contributed by atoms with E-state index in [9.17, 15) is 14.4 Å². The summed E-state index contributed by atoms with van der Waals surface area (Å²) in [7, 11) is -4.38. The smallest absolute Gasteiger partial charge is 0.356 e. The number of benzene rings is 4. The molecule has 5 aromatic rings. The highest BCUT2D eigenvalue weighted by atomic mass is 35.5. The van der Waals surface area contributed by atoms with Crippen LogP contribution < -0.4 is 10.0 Å². The first kappa shape index (κ1) is 21.4. The van der Waals surface area contributed by atoms with E-state index in [0.717, 1.165) is 22.3 Å². The van der Waals surface area contributed by atoms with Gasteiger partial charge in [0, 0.05) is 5.56 Å². The Balaban J connectivity index is 1.44. The van der Waals surface area contributed by atoms with Gasteiger partial charge in [0.1, 0.15) is 5.75 Å². The van der Waals surface area contributed by atoms with Crippen molar-refractivity contribution in [1.82, 2.24) is 9.97 Å². The van der Waals surface area contributed by atoms with E-state index < -0.39 is 7.60 Å². The van der Waals surface area contributed by atoms with Gasteiger partial charge < -0.3 is 19.5 Å². The third kappa shape index (κ3) is 4.56. The maximum atomic E-state index is 11.5. The molecule has 0 saturated heterocycles. The zero-order chi connectivity index (χ0) is 23.0. The van der Waals surface area contributed by atoms with Crippen molar-refractivity contribution in [2.45, 2.75) is 0 Å². The summed E-state index contributed by atoms with van der Waals surface area (Å²) >= 11 is 6.56. The van der Waals surface area contributed by atoms with Gasteiger partial charge in [0.2, 0.25) is 0 Å². The summed E-state index contributed by atoms with van der Waals surface area (Å²) in [4.78, 5) is 26.2. The molecule has 0 spiro atoms. The molecule has 4 aromatic carbocycles. The monoisotopic (exact) mass is 476 g/mol. The Hall–Kier alpha value is -3.41. The van der Waals surface area contributed by atoms with Gasteiger partial charge >= 0.3 is 7.60 Å². The summed E-state index contributed by atoms with van der Waals surface area (Å²) in [5.41, 5.74) is 5.40. The number of halogens is 1. The highest BCUT2D eigenvalue weighted by Gasteiger charge is 2.18. The van der Waals surface area contributed by atoms with Crippen LogP contribution in [0.3, 0.4) is 0 Å². The Morgan fingerprint density at radius 3 is 2.24 bits per heavy atom. The Kier molecular flexibility index (Phi) is 5.52. The highest BCUT2D eigenvalue weighted by Crippen LogP contribution is 2.36. The van der Waals surface area contributed by atoms with Crippen molar-refractivity contribution in [3.8, 4) is 34.0 Å². The van der Waals surface area contributed by atoms with Crippen molar-refractivity contribution in [3.63, 3.8) is 0 Å². The lowest BCUT2D eigenvalue weighted by atomic mass is 10.00. The van der Waals surface area contributed by atoms with Crippen molar-refractivity contribution in [2.24, 2.45) is 0 Å². The van der Waals surface area contributed by atoms with Gasteiger partial charge in [-0.1, -0.05) is 72.3 Å². The van der Waals surface area contributed by atoms with Gasteiger partial charge in [-0.2, -0.15) is 4.98 Å². The van der Waals surface area contributed by atoms with Crippen LogP contribution >= 0.6 is 19.2 Å². The minimum atomic E-state index is -4.38. The lowest BCUT2D eigenvalue weighted by Gasteiger charge is -2.07. The van der Waals surface area contributed by atoms with Crippen LogP contribution in [0.25, 0.3) is 33.3 Å². The van der Waals surface area contributed by atoms with Crippen molar-refractivity contribution in [3.05, 3.63) is 96.0 Å². The fraction of sp³-hybridized carbons (Fsp3) is 0. The molecular weight excluding hydrogens is 459 g/mol. The fourth-order valence-electron chi connectivity index (χ4n) is 3.59. The van der Waals surface area contributed by atoms with E-state index in [-0.39, 0.29) is 17.1 Å². The van der Waals surface area contributed by atoms with Gasteiger partial charge in [0.05, 0.1) is 21.4 Å². The molecule has 0 radical (unpaired) electrons. The summed E-state index contributed by atoms with van der Waals surface area (Å²) in [5.74, 6) is 0.262. The lowest BCUT2D eigenvalue weighted by molar-refractivity contribution is 0.387. The SMILES string of the molecule is O=P(O)(O)c1cccc(Oc2nc3cc(-c4ccc(-c5ccccc5)cc4)c(Cl)cc3[nH]2)c1. The Morgan fingerprint density at radius 2 is 1.52 bits per heavy atom. The average molecular weight is 477 g/mol. The molecule has 0 unspecified atom stereocenters. The van der Waals surface area contributed by atoms with Gasteiger partial charge in [-0.05, 0) is 47.0 Å². The summed E-state index contributed by atoms with van der Waals surface area (Å²) in [6, 6.07) is 27.9. The minimum Gasteiger partial charge on any atom is -0.426 e. The average Bonchev–Trinajstić information content (AvgIpc) is 3.20. The van der Waals surface area contributed by atoms with E-state index in [1.165, 1.54) is 18.2 Å². The molecule has 8 heteroatoms. The number of nitrogens with zero attached hydrogens (tertiary/aromatic N) is 1. The van der Waals surface area contributed by atoms with Crippen LogP contribution in [0.5, 0.6) is 11.8 Å². The molecule has 0 atom stereocenters. The second-order valence-corrected chi connectivity index (χ2v) is 9.49. The number of rotatable bonds is 5. The maximum Gasteiger partial charge on any atom is 0.356 e. The predicted octanol–water partition coefficient (Wildman–Crippen LogP) is 6.15. The first-order chi connectivity index (χ1) is 15.9. The largest absolute Gasteiger partial charge is 0.426 e. The molecule has 164 valence electrons. The number of fused-ring (bicyclic) bond motifs is 1. The van der Waals surface area contributed by atoms with E-state index >= 15 is 0 Å². The molecule has 0 aliphatic carbocycles. The number of imidazole rings is 1. The molecule has 33 heavy (non-hydrogen) atoms. The van der Waals surface area contributed by atoms with Crippen LogP contribution in [0, 0.1) is 0 Å². The van der Waals surface area contributed by atoms with E-state index in [1.54, 1.807) is 12.1 Å². The molecule has 5 rings (SSSR count). The molecule has 0 aliphatic heterocycles. The first-order valence-corrected chi connectivity index (χ1v) is 12.0. The summed E-state index contributed by atoms with van der Waals surface area (Å²) in [6.07, 6.45) is 0. The zero-order valence-corrected chi connectivity index (χ0v) is 18.8. The van der Waals surface area contributed by atoms with Crippen LogP contribution in [-0.2, 0) is 4.57 Å². The Morgan fingerprint density at radius 1 is 0.818 bits per heavy atom. The van der Waals surface area contributed by atoms with Gasteiger partial charge in [0.25, 0.3) is 6.01 Å². The summed E-state index contributed by atoms with van der Waals surface area (Å²) in [5, 5.41) is 0.439. The Bertz CT molecular complexity index is 1490. The van der Waals surface area contributed by atoms with Crippen LogP contribution in [-0.4, -0.2) is 19.8 Å². The topological polar surface area (TPSA) is 95.4 Å². The number of H-pyrrole nitrogens is 1. The van der Waals surface area contributed by atoms with Crippen LogP contribution in [0.15, 0.2) is 91.0 Å². The molecule has 0 fully saturated rings. The highest BCUT2D eigenvalue weighted by molar-refractivity contribution is 7.60. The number of nitrogens with one attached hydrogen (secondary N) is 1. The third-order valence-electron chi connectivity index (χ3n) is 5.22. The second kappa shape index (κ2) is 8.50. The normalized spacial score (nSPS) is 11.6. The standard InChI is InChI=1S/C25H18ClN2O4P/c26-22-15-24-23(27-25(28-24)32-19-7-4-8-20(13-19)33(29,30)31)14-21(22)18-11-9-17(10-12-18)16-5-2-1-3-6-16/h1-15H,(H,27,28)(H2,29,30,31). The van der Waals surface area contributed by atoms with Gasteiger partial charge in [-0.15, -0.1) is 0 Å². The number of hydrogen-bond donors (Lipinski definition) is 3. The van der Waals surface area contributed by atoms with Gasteiger partial charge in [-0.3, -0.25) is 4.57 Å². The van der Waals surface area contributed by atoms with Crippen molar-refractivity contribution in [1.29, 1.82) is 0 Å². The number of aromatic nitrogens is 2. The molecule has 1 aromatic heterocycles. The summed E-state index contributed by atoms with van der Waals surface area (Å²) < 4.78 is 17.2. The molecule has 0 bridgehead atoms. The number of ether oxygens (including phenoxy) is 1. The maximum absolute atomic E-state index is 11.5. The predicted molar refractivity (Wildman–Crippen MR) is 130 cm³/mol. The molecule has 0 saturated carbocycles. The second-order valence-electron chi connectivity index (χ2n) is 7.48. The van der Waals surface area contributed by atoms with Crippen molar-refractivity contribution < 1.29 is 19.1 Å². The van der Waals surface area contributed by atoms with Gasteiger partial charge in [0.15, 0.2) is 0 Å². The Labute approximate surface area is 194 Å². The third-order valence-corrected chi connectivity index (χ3v) is 6.48. The molecule has 0 amide bonds. The van der Waals surface area contributed by atoms with Crippen molar-refractivity contribution in [2.75, 3.05) is 0 Å². The summed E-state index contributed by atoms with van der Waals surface area (Å²) in [6.45, 7) is 0. The van der Waals surface area contributed by atoms with E-state index in [0.29, 0.717) is 16.1 Å².